The Kier molecular flexibility index (Phi) is 7.54. The summed E-state index contributed by atoms with van der Waals surface area (Å²) in [5, 5.41) is 2.99. The zero-order chi connectivity index (χ0) is 17.2. The Balaban J connectivity index is 1.75. The number of benzene rings is 2. The molecular weight excluding hydrogens is 294 g/mol. The van der Waals surface area contributed by atoms with Crippen LogP contribution in [0.5, 0.6) is 0 Å². The topological polar surface area (TPSA) is 29.1 Å². The molecule has 0 radical (unpaired) electrons. The summed E-state index contributed by atoms with van der Waals surface area (Å²) in [6.07, 6.45) is 7.22. The zero-order valence-corrected chi connectivity index (χ0v) is 15.0. The largest absolute Gasteiger partial charge is 0.326 e. The second-order valence-corrected chi connectivity index (χ2v) is 6.54. The van der Waals surface area contributed by atoms with Crippen LogP contribution in [0.1, 0.15) is 55.7 Å². The first-order valence-corrected chi connectivity index (χ1v) is 9.11. The van der Waals surface area contributed by atoms with E-state index in [1.165, 1.54) is 29.5 Å². The number of unbranched alkanes of at least 4 members (excludes halogenated alkanes) is 3. The molecule has 24 heavy (non-hydrogen) atoms. The molecule has 0 bridgehead atoms. The van der Waals surface area contributed by atoms with Crippen LogP contribution in [0, 0.1) is 6.92 Å². The molecule has 0 aliphatic heterocycles. The van der Waals surface area contributed by atoms with Gasteiger partial charge in [-0.25, -0.2) is 0 Å². The molecule has 0 unspecified atom stereocenters. The molecule has 128 valence electrons. The number of anilines is 1. The van der Waals surface area contributed by atoms with E-state index >= 15 is 0 Å². The third-order valence-corrected chi connectivity index (χ3v) is 4.32. The molecule has 1 amide bonds. The van der Waals surface area contributed by atoms with Crippen molar-refractivity contribution in [1.29, 1.82) is 0 Å². The van der Waals surface area contributed by atoms with Crippen molar-refractivity contribution in [3.63, 3.8) is 0 Å². The quantitative estimate of drug-likeness (QED) is 0.590. The minimum atomic E-state index is 0.124. The summed E-state index contributed by atoms with van der Waals surface area (Å²) in [5.74, 6) is 0.124. The SMILES string of the molecule is CCCCCCC(=O)Nc1ccc(CCc2ccc(C)cc2)cc1. The Labute approximate surface area is 146 Å². The van der Waals surface area contributed by atoms with Gasteiger partial charge in [0.25, 0.3) is 0 Å². The van der Waals surface area contributed by atoms with Gasteiger partial charge in [-0.2, -0.15) is 0 Å². The predicted octanol–water partition coefficient (Wildman–Crippen LogP) is 5.69. The van der Waals surface area contributed by atoms with E-state index in [9.17, 15) is 4.79 Å². The highest BCUT2D eigenvalue weighted by atomic mass is 16.1. The fraction of sp³-hybridized carbons (Fsp3) is 0.409. The van der Waals surface area contributed by atoms with E-state index in [4.69, 9.17) is 0 Å². The number of aryl methyl sites for hydroxylation is 3. The van der Waals surface area contributed by atoms with Crippen molar-refractivity contribution in [2.24, 2.45) is 0 Å². The maximum Gasteiger partial charge on any atom is 0.224 e. The van der Waals surface area contributed by atoms with Gasteiger partial charge in [-0.15, -0.1) is 0 Å². The Morgan fingerprint density at radius 1 is 0.833 bits per heavy atom. The second kappa shape index (κ2) is 9.92. The van der Waals surface area contributed by atoms with Crippen LogP contribution < -0.4 is 5.32 Å². The first-order chi connectivity index (χ1) is 11.7. The molecule has 0 aliphatic rings. The van der Waals surface area contributed by atoms with Crippen molar-refractivity contribution < 1.29 is 4.79 Å². The number of nitrogens with one attached hydrogen (secondary N) is 1. The number of hydrogen-bond acceptors (Lipinski definition) is 1. The lowest BCUT2D eigenvalue weighted by Crippen LogP contribution is -2.11. The number of rotatable bonds is 9. The first kappa shape index (κ1) is 18.3. The molecular formula is C22H29NO. The average molecular weight is 323 g/mol. The number of carbonyl (C=O) groups excluding carboxylic acids is 1. The third kappa shape index (κ3) is 6.57. The van der Waals surface area contributed by atoms with Crippen LogP contribution in [0.15, 0.2) is 48.5 Å². The lowest BCUT2D eigenvalue weighted by molar-refractivity contribution is -0.116. The lowest BCUT2D eigenvalue weighted by atomic mass is 10.0. The van der Waals surface area contributed by atoms with Crippen molar-refractivity contribution in [1.82, 2.24) is 0 Å². The highest BCUT2D eigenvalue weighted by Crippen LogP contribution is 2.14. The summed E-state index contributed by atoms with van der Waals surface area (Å²) in [4.78, 5) is 11.9. The highest BCUT2D eigenvalue weighted by molar-refractivity contribution is 5.90. The smallest absolute Gasteiger partial charge is 0.224 e. The van der Waals surface area contributed by atoms with Gasteiger partial charge in [-0.05, 0) is 49.4 Å². The van der Waals surface area contributed by atoms with Crippen molar-refractivity contribution in [3.05, 3.63) is 65.2 Å². The minimum absolute atomic E-state index is 0.124. The molecule has 2 heteroatoms. The monoisotopic (exact) mass is 323 g/mol. The number of amides is 1. The lowest BCUT2D eigenvalue weighted by Gasteiger charge is -2.07. The van der Waals surface area contributed by atoms with E-state index in [0.29, 0.717) is 6.42 Å². The van der Waals surface area contributed by atoms with Gasteiger partial charge in [0.2, 0.25) is 5.91 Å². The van der Waals surface area contributed by atoms with Crippen LogP contribution in [-0.2, 0) is 17.6 Å². The Morgan fingerprint density at radius 3 is 2.00 bits per heavy atom. The van der Waals surface area contributed by atoms with Gasteiger partial charge >= 0.3 is 0 Å². The van der Waals surface area contributed by atoms with Gasteiger partial charge in [0, 0.05) is 12.1 Å². The van der Waals surface area contributed by atoms with Crippen LogP contribution in [0.2, 0.25) is 0 Å². The molecule has 2 aromatic carbocycles. The van der Waals surface area contributed by atoms with Crippen LogP contribution in [0.3, 0.4) is 0 Å². The minimum Gasteiger partial charge on any atom is -0.326 e. The number of hydrogen-bond donors (Lipinski definition) is 1. The van der Waals surface area contributed by atoms with Gasteiger partial charge in [-0.1, -0.05) is 68.1 Å². The molecule has 2 rings (SSSR count). The maximum atomic E-state index is 11.9. The van der Waals surface area contributed by atoms with Crippen LogP contribution in [-0.4, -0.2) is 5.91 Å². The molecule has 0 spiro atoms. The molecule has 0 saturated heterocycles. The summed E-state index contributed by atoms with van der Waals surface area (Å²) in [6.45, 7) is 4.29. The van der Waals surface area contributed by atoms with E-state index in [1.807, 2.05) is 12.1 Å². The molecule has 0 atom stereocenters. The summed E-state index contributed by atoms with van der Waals surface area (Å²) in [6, 6.07) is 17.0. The molecule has 2 aromatic rings. The van der Waals surface area contributed by atoms with Gasteiger partial charge in [0.15, 0.2) is 0 Å². The first-order valence-electron chi connectivity index (χ1n) is 9.11. The second-order valence-electron chi connectivity index (χ2n) is 6.54. The molecule has 0 heterocycles. The van der Waals surface area contributed by atoms with Gasteiger partial charge < -0.3 is 5.32 Å². The molecule has 2 nitrogen and oxygen atoms in total. The fourth-order valence-electron chi connectivity index (χ4n) is 2.73. The Bertz CT molecular complexity index is 613. The maximum absolute atomic E-state index is 11.9. The Morgan fingerprint density at radius 2 is 1.42 bits per heavy atom. The predicted molar refractivity (Wildman–Crippen MR) is 102 cm³/mol. The summed E-state index contributed by atoms with van der Waals surface area (Å²) >= 11 is 0. The van der Waals surface area contributed by atoms with Crippen molar-refractivity contribution >= 4 is 11.6 Å². The normalized spacial score (nSPS) is 10.6. The standard InChI is InChI=1S/C22H29NO/c1-3-4-5-6-7-22(24)23-21-16-14-20(15-17-21)13-12-19-10-8-18(2)9-11-19/h8-11,14-17H,3-7,12-13H2,1-2H3,(H,23,24). The van der Waals surface area contributed by atoms with Crippen LogP contribution in [0.25, 0.3) is 0 Å². The van der Waals surface area contributed by atoms with E-state index in [-0.39, 0.29) is 5.91 Å². The van der Waals surface area contributed by atoms with Gasteiger partial charge in [-0.3, -0.25) is 4.79 Å². The zero-order valence-electron chi connectivity index (χ0n) is 15.0. The average Bonchev–Trinajstić information content (AvgIpc) is 2.59. The highest BCUT2D eigenvalue weighted by Gasteiger charge is 2.02. The summed E-state index contributed by atoms with van der Waals surface area (Å²) < 4.78 is 0. The van der Waals surface area contributed by atoms with Gasteiger partial charge in [0.1, 0.15) is 0 Å². The van der Waals surface area contributed by atoms with E-state index in [1.54, 1.807) is 0 Å². The van der Waals surface area contributed by atoms with E-state index in [2.05, 4.69) is 55.6 Å². The van der Waals surface area contributed by atoms with Crippen molar-refractivity contribution in [2.75, 3.05) is 5.32 Å². The molecule has 0 saturated carbocycles. The third-order valence-electron chi connectivity index (χ3n) is 4.32. The fourth-order valence-corrected chi connectivity index (χ4v) is 2.73. The summed E-state index contributed by atoms with van der Waals surface area (Å²) in [5.41, 5.74) is 4.87. The Hall–Kier alpha value is -2.09. The van der Waals surface area contributed by atoms with Crippen LogP contribution in [0.4, 0.5) is 5.69 Å². The van der Waals surface area contributed by atoms with Crippen molar-refractivity contribution in [2.45, 2.75) is 58.8 Å². The molecule has 0 aromatic heterocycles. The van der Waals surface area contributed by atoms with Gasteiger partial charge in [0.05, 0.1) is 0 Å². The molecule has 0 aliphatic carbocycles. The summed E-state index contributed by atoms with van der Waals surface area (Å²) in [7, 11) is 0. The molecule has 1 N–H and O–H groups in total. The van der Waals surface area contributed by atoms with E-state index < -0.39 is 0 Å². The van der Waals surface area contributed by atoms with Crippen molar-refractivity contribution in [3.8, 4) is 0 Å². The number of carbonyl (C=O) groups is 1. The molecule has 0 fully saturated rings. The van der Waals surface area contributed by atoms with E-state index in [0.717, 1.165) is 31.4 Å². The van der Waals surface area contributed by atoms with Crippen LogP contribution >= 0.6 is 0 Å².